The number of halogens is 1. The van der Waals surface area contributed by atoms with Crippen LogP contribution < -0.4 is 15.5 Å². The van der Waals surface area contributed by atoms with Gasteiger partial charge in [0.15, 0.2) is 5.75 Å². The van der Waals surface area contributed by atoms with Crippen molar-refractivity contribution in [3.05, 3.63) is 72.8 Å². The van der Waals surface area contributed by atoms with E-state index in [0.29, 0.717) is 11.4 Å². The van der Waals surface area contributed by atoms with Gasteiger partial charge in [0.25, 0.3) is 0 Å². The molecule has 0 aliphatic rings. The molecule has 0 atom stereocenters. The van der Waals surface area contributed by atoms with E-state index >= 15 is 0 Å². The van der Waals surface area contributed by atoms with Gasteiger partial charge in [-0.1, -0.05) is 36.4 Å². The number of rotatable bonds is 7. The van der Waals surface area contributed by atoms with Gasteiger partial charge in [0.2, 0.25) is 11.9 Å². The van der Waals surface area contributed by atoms with E-state index in [-0.39, 0.29) is 11.9 Å². The first kappa shape index (κ1) is 18.9. The molecule has 4 aromatic rings. The number of nitrogens with one attached hydrogen (secondary N) is 2. The molecule has 0 bridgehead atoms. The molecule has 4 rings (SSSR count). The van der Waals surface area contributed by atoms with Gasteiger partial charge in [-0.3, -0.25) is 0 Å². The van der Waals surface area contributed by atoms with Crippen LogP contribution in [0.15, 0.2) is 66.7 Å². The van der Waals surface area contributed by atoms with Crippen LogP contribution in [0.4, 0.5) is 27.7 Å². The highest BCUT2D eigenvalue weighted by molar-refractivity contribution is 7.74. The van der Waals surface area contributed by atoms with Gasteiger partial charge in [-0.05, 0) is 40.8 Å². The summed E-state index contributed by atoms with van der Waals surface area (Å²) < 4.78 is 18.0. The van der Waals surface area contributed by atoms with Gasteiger partial charge in [0.05, 0.1) is 0 Å². The molecule has 0 aliphatic carbocycles. The van der Waals surface area contributed by atoms with Gasteiger partial charge < -0.3 is 15.5 Å². The van der Waals surface area contributed by atoms with Crippen molar-refractivity contribution in [1.29, 1.82) is 0 Å². The minimum atomic E-state index is -0.912. The summed E-state index contributed by atoms with van der Waals surface area (Å²) in [6.07, 6.45) is -0.912. The topological polar surface area (TPSA) is 90.4 Å². The van der Waals surface area contributed by atoms with E-state index in [1.54, 1.807) is 24.3 Å². The van der Waals surface area contributed by atoms with E-state index in [4.69, 9.17) is 4.89 Å². The molecular formula is C19H14FN5O3S. The Balaban J connectivity index is 1.54. The maximum Gasteiger partial charge on any atom is 0.315 e. The van der Waals surface area contributed by atoms with Crippen LogP contribution in [-0.2, 0) is 9.37 Å². The van der Waals surface area contributed by atoms with Crippen molar-refractivity contribution in [2.75, 3.05) is 10.6 Å². The van der Waals surface area contributed by atoms with Crippen LogP contribution in [0.1, 0.15) is 0 Å². The van der Waals surface area contributed by atoms with Crippen molar-refractivity contribution in [3.63, 3.8) is 0 Å². The number of nitrogens with zero attached hydrogens (tertiary/aromatic N) is 3. The van der Waals surface area contributed by atoms with Crippen molar-refractivity contribution in [1.82, 2.24) is 15.0 Å². The number of benzene rings is 3. The molecule has 29 heavy (non-hydrogen) atoms. The summed E-state index contributed by atoms with van der Waals surface area (Å²) in [5, 5.41) is 12.2. The third kappa shape index (κ3) is 4.69. The third-order valence-corrected chi connectivity index (χ3v) is 3.98. The summed E-state index contributed by atoms with van der Waals surface area (Å²) in [5.41, 5.74) is 1.36. The summed E-state index contributed by atoms with van der Waals surface area (Å²) in [5.74, 6) is 0.504. The van der Waals surface area contributed by atoms with E-state index in [1.807, 2.05) is 42.5 Å². The highest BCUT2D eigenvalue weighted by Crippen LogP contribution is 2.26. The third-order valence-electron chi connectivity index (χ3n) is 3.92. The highest BCUT2D eigenvalue weighted by atomic mass is 32.1. The zero-order valence-electron chi connectivity index (χ0n) is 14.7. The Hall–Kier alpha value is -3.47. The Morgan fingerprint density at radius 3 is 2.31 bits per heavy atom. The van der Waals surface area contributed by atoms with Crippen LogP contribution in [-0.4, -0.2) is 15.0 Å². The van der Waals surface area contributed by atoms with Crippen LogP contribution in [0.5, 0.6) is 5.75 Å². The average molecular weight is 411 g/mol. The molecule has 1 aromatic heterocycles. The molecular weight excluding hydrogens is 397 g/mol. The molecule has 1 heterocycles. The minimum absolute atomic E-state index is 0.0452. The van der Waals surface area contributed by atoms with Crippen molar-refractivity contribution in [2.24, 2.45) is 0 Å². The van der Waals surface area contributed by atoms with Crippen LogP contribution in [0.3, 0.4) is 0 Å². The highest BCUT2D eigenvalue weighted by Gasteiger charge is 2.09. The number of aromatic nitrogens is 3. The first-order valence-electron chi connectivity index (χ1n) is 8.39. The molecule has 3 aromatic carbocycles. The molecule has 0 saturated heterocycles. The summed E-state index contributed by atoms with van der Waals surface area (Å²) in [7, 11) is 0. The van der Waals surface area contributed by atoms with Crippen LogP contribution >= 0.6 is 12.9 Å². The Labute approximate surface area is 170 Å². The lowest BCUT2D eigenvalue weighted by Gasteiger charge is -2.10. The van der Waals surface area contributed by atoms with Gasteiger partial charge in [-0.2, -0.15) is 19.3 Å². The molecule has 0 fully saturated rings. The molecule has 0 amide bonds. The number of anilines is 4. The molecule has 0 unspecified atom stereocenters. The molecule has 2 N–H and O–H groups in total. The van der Waals surface area contributed by atoms with Crippen molar-refractivity contribution >= 4 is 47.0 Å². The first-order chi connectivity index (χ1) is 14.2. The van der Waals surface area contributed by atoms with Gasteiger partial charge in [-0.25, -0.2) is 0 Å². The second kappa shape index (κ2) is 8.69. The van der Waals surface area contributed by atoms with Crippen molar-refractivity contribution in [3.8, 4) is 5.75 Å². The van der Waals surface area contributed by atoms with E-state index in [0.717, 1.165) is 16.5 Å². The zero-order valence-corrected chi connectivity index (χ0v) is 15.6. The van der Waals surface area contributed by atoms with Crippen LogP contribution in [0, 0.1) is 6.08 Å². The van der Waals surface area contributed by atoms with E-state index < -0.39 is 6.08 Å². The zero-order chi connectivity index (χ0) is 20.1. The van der Waals surface area contributed by atoms with E-state index in [9.17, 15) is 4.39 Å². The Bertz CT molecular complexity index is 1130. The standard InChI is InChI=1S/C19H14FN5O3S/c20-17-23-18(21-13-8-10-14(11-9-13)26-27-28-29)25-19(24-17)22-16-7-3-5-12-4-1-2-6-15(12)16/h1-11,29H,(H2,21,22,23,24,25). The van der Waals surface area contributed by atoms with Gasteiger partial charge in [-0.15, -0.1) is 4.33 Å². The monoisotopic (exact) mass is 411 g/mol. The van der Waals surface area contributed by atoms with E-state index in [1.165, 1.54) is 0 Å². The summed E-state index contributed by atoms with van der Waals surface area (Å²) >= 11 is 3.39. The maximum absolute atomic E-state index is 14.0. The first-order valence-corrected chi connectivity index (χ1v) is 8.76. The molecule has 0 saturated carbocycles. The Kier molecular flexibility index (Phi) is 5.66. The Morgan fingerprint density at radius 1 is 0.793 bits per heavy atom. The van der Waals surface area contributed by atoms with Crippen molar-refractivity contribution in [2.45, 2.75) is 0 Å². The number of hydrogen-bond donors (Lipinski definition) is 3. The number of hydrogen-bond acceptors (Lipinski definition) is 9. The fourth-order valence-electron chi connectivity index (χ4n) is 2.69. The Morgan fingerprint density at radius 2 is 1.52 bits per heavy atom. The minimum Gasteiger partial charge on any atom is -0.324 e. The maximum atomic E-state index is 14.0. The predicted molar refractivity (Wildman–Crippen MR) is 109 cm³/mol. The second-order valence-electron chi connectivity index (χ2n) is 5.78. The number of thiol groups is 1. The molecule has 146 valence electrons. The molecule has 0 aliphatic heterocycles. The molecule has 0 radical (unpaired) electrons. The smallest absolute Gasteiger partial charge is 0.315 e. The summed E-state index contributed by atoms with van der Waals surface area (Å²) in [6.45, 7) is 0. The summed E-state index contributed by atoms with van der Waals surface area (Å²) in [6, 6.07) is 20.1. The fourth-order valence-corrected chi connectivity index (χ4v) is 2.72. The molecule has 0 spiro atoms. The van der Waals surface area contributed by atoms with Crippen LogP contribution in [0.2, 0.25) is 0 Å². The lowest BCUT2D eigenvalue weighted by molar-refractivity contribution is -0.402. The normalized spacial score (nSPS) is 10.7. The molecule has 10 heteroatoms. The summed E-state index contributed by atoms with van der Waals surface area (Å²) in [4.78, 5) is 16.4. The fraction of sp³-hybridized carbons (Fsp3) is 0. The largest absolute Gasteiger partial charge is 0.324 e. The van der Waals surface area contributed by atoms with Crippen molar-refractivity contribution < 1.29 is 18.7 Å². The lowest BCUT2D eigenvalue weighted by atomic mass is 10.1. The molecule has 8 nitrogen and oxygen atoms in total. The van der Waals surface area contributed by atoms with Gasteiger partial charge in [0.1, 0.15) is 0 Å². The van der Waals surface area contributed by atoms with Gasteiger partial charge >= 0.3 is 6.08 Å². The van der Waals surface area contributed by atoms with Crippen LogP contribution in [0.25, 0.3) is 10.8 Å². The lowest BCUT2D eigenvalue weighted by Crippen LogP contribution is -2.06. The average Bonchev–Trinajstić information content (AvgIpc) is 2.73. The SMILES string of the molecule is Fc1nc(Nc2ccc(OOOS)cc2)nc(Nc2cccc3ccccc23)n1. The number of fused-ring (bicyclic) bond motifs is 1. The van der Waals surface area contributed by atoms with Gasteiger partial charge in [0, 0.05) is 29.7 Å². The predicted octanol–water partition coefficient (Wildman–Crippen LogP) is 4.74. The van der Waals surface area contributed by atoms with E-state index in [2.05, 4.69) is 47.9 Å². The second-order valence-corrected chi connectivity index (χ2v) is 5.93. The quantitative estimate of drug-likeness (QED) is 0.174.